The second-order valence-electron chi connectivity index (χ2n) is 7.45. The summed E-state index contributed by atoms with van der Waals surface area (Å²) in [5, 5.41) is 9.72. The van der Waals surface area contributed by atoms with Crippen LogP contribution in [0.4, 0.5) is 0 Å². The van der Waals surface area contributed by atoms with Gasteiger partial charge in [0, 0.05) is 6.42 Å². The van der Waals surface area contributed by atoms with Crippen molar-refractivity contribution in [2.24, 2.45) is 22.7 Å². The number of fused-ring (bicyclic) bond motifs is 3. The molecule has 0 unspecified atom stereocenters. The molecule has 0 radical (unpaired) electrons. The Morgan fingerprint density at radius 3 is 2.70 bits per heavy atom. The van der Waals surface area contributed by atoms with E-state index in [0.717, 1.165) is 38.5 Å². The number of carboxylic acid groups (broad SMARTS) is 1. The van der Waals surface area contributed by atoms with Gasteiger partial charge in [-0.2, -0.15) is 0 Å². The van der Waals surface area contributed by atoms with Crippen molar-refractivity contribution in [1.29, 1.82) is 0 Å². The zero-order chi connectivity index (χ0) is 14.5. The van der Waals surface area contributed by atoms with Gasteiger partial charge in [-0.3, -0.25) is 9.59 Å². The molecule has 0 aliphatic heterocycles. The van der Waals surface area contributed by atoms with E-state index in [9.17, 15) is 14.7 Å². The summed E-state index contributed by atoms with van der Waals surface area (Å²) in [4.78, 5) is 23.5. The number of carbonyl (C=O) groups is 2. The van der Waals surface area contributed by atoms with Crippen molar-refractivity contribution in [3.05, 3.63) is 11.6 Å². The van der Waals surface area contributed by atoms with Gasteiger partial charge in [0.2, 0.25) is 0 Å². The molecule has 1 N–H and O–H groups in total. The van der Waals surface area contributed by atoms with E-state index in [4.69, 9.17) is 0 Å². The number of rotatable bonds is 1. The molecular formula is C17H24O3. The first-order chi connectivity index (χ1) is 9.38. The van der Waals surface area contributed by atoms with Crippen LogP contribution in [0.15, 0.2) is 11.6 Å². The third kappa shape index (κ3) is 1.78. The van der Waals surface area contributed by atoms with Gasteiger partial charge in [-0.1, -0.05) is 18.9 Å². The molecular weight excluding hydrogens is 252 g/mol. The fraction of sp³-hybridized carbons (Fsp3) is 0.765. The molecule has 110 valence electrons. The molecule has 3 heteroatoms. The minimum absolute atomic E-state index is 0.0656. The van der Waals surface area contributed by atoms with E-state index in [1.807, 2.05) is 13.0 Å². The monoisotopic (exact) mass is 276 g/mol. The number of carbonyl (C=O) groups excluding carboxylic acids is 1. The highest BCUT2D eigenvalue weighted by Crippen LogP contribution is 2.62. The van der Waals surface area contributed by atoms with Gasteiger partial charge in [-0.25, -0.2) is 0 Å². The van der Waals surface area contributed by atoms with Crippen LogP contribution in [-0.4, -0.2) is 16.9 Å². The predicted molar refractivity (Wildman–Crippen MR) is 76.2 cm³/mol. The second kappa shape index (κ2) is 4.44. The molecule has 0 heterocycles. The Morgan fingerprint density at radius 1 is 1.25 bits per heavy atom. The fourth-order valence-electron chi connectivity index (χ4n) is 5.40. The van der Waals surface area contributed by atoms with Gasteiger partial charge >= 0.3 is 5.97 Å². The Labute approximate surface area is 120 Å². The van der Waals surface area contributed by atoms with Gasteiger partial charge < -0.3 is 5.11 Å². The van der Waals surface area contributed by atoms with Crippen LogP contribution in [0.1, 0.15) is 58.8 Å². The Balaban J connectivity index is 2.01. The van der Waals surface area contributed by atoms with Gasteiger partial charge in [0.1, 0.15) is 0 Å². The summed E-state index contributed by atoms with van der Waals surface area (Å²) in [5.74, 6) is 0.303. The lowest BCUT2D eigenvalue weighted by atomic mass is 9.46. The van der Waals surface area contributed by atoms with Gasteiger partial charge in [0.25, 0.3) is 0 Å². The standard InChI is InChI=1S/C17H24O3/c1-16-8-3-9-17(2,15(19)20)14(16)7-4-11-10-12(18)5-6-13(11)16/h10,13-14H,3-9H2,1-2H3,(H,19,20)/t13-,14+,16+,17-/m0/s1. The summed E-state index contributed by atoms with van der Waals surface area (Å²) < 4.78 is 0. The Morgan fingerprint density at radius 2 is 2.00 bits per heavy atom. The first-order valence-corrected chi connectivity index (χ1v) is 7.84. The van der Waals surface area contributed by atoms with Crippen LogP contribution < -0.4 is 0 Å². The topological polar surface area (TPSA) is 54.4 Å². The second-order valence-corrected chi connectivity index (χ2v) is 7.45. The molecule has 0 aromatic heterocycles. The average Bonchev–Trinajstić information content (AvgIpc) is 2.37. The lowest BCUT2D eigenvalue weighted by Crippen LogP contribution is -2.53. The van der Waals surface area contributed by atoms with Crippen LogP contribution in [0.2, 0.25) is 0 Å². The maximum Gasteiger partial charge on any atom is 0.309 e. The molecule has 20 heavy (non-hydrogen) atoms. The summed E-state index contributed by atoms with van der Waals surface area (Å²) in [6.45, 7) is 4.23. The predicted octanol–water partition coefficient (Wildman–Crippen LogP) is 3.58. The fourth-order valence-corrected chi connectivity index (χ4v) is 5.40. The van der Waals surface area contributed by atoms with Crippen LogP contribution in [0, 0.1) is 22.7 Å². The summed E-state index contributed by atoms with van der Waals surface area (Å²) in [5.41, 5.74) is 0.783. The maximum absolute atomic E-state index is 11.8. The number of aliphatic carboxylic acids is 1. The molecule has 4 atom stereocenters. The molecule has 3 aliphatic rings. The summed E-state index contributed by atoms with van der Waals surface area (Å²) in [6, 6.07) is 0. The van der Waals surface area contributed by atoms with Crippen LogP contribution in [0.25, 0.3) is 0 Å². The molecule has 0 aromatic rings. The third-order valence-electron chi connectivity index (χ3n) is 6.46. The van der Waals surface area contributed by atoms with Crippen LogP contribution in [0.5, 0.6) is 0 Å². The van der Waals surface area contributed by atoms with E-state index in [-0.39, 0.29) is 17.1 Å². The minimum Gasteiger partial charge on any atom is -0.481 e. The van der Waals surface area contributed by atoms with Crippen molar-refractivity contribution < 1.29 is 14.7 Å². The van der Waals surface area contributed by atoms with E-state index >= 15 is 0 Å². The largest absolute Gasteiger partial charge is 0.481 e. The molecule has 0 saturated heterocycles. The summed E-state index contributed by atoms with van der Waals surface area (Å²) in [7, 11) is 0. The average molecular weight is 276 g/mol. The van der Waals surface area contributed by atoms with Crippen molar-refractivity contribution in [2.45, 2.75) is 58.8 Å². The highest BCUT2D eigenvalue weighted by Gasteiger charge is 2.57. The Hall–Kier alpha value is -1.12. The van der Waals surface area contributed by atoms with Crippen molar-refractivity contribution >= 4 is 11.8 Å². The quantitative estimate of drug-likeness (QED) is 0.796. The van der Waals surface area contributed by atoms with Crippen molar-refractivity contribution in [2.75, 3.05) is 0 Å². The molecule has 3 nitrogen and oxygen atoms in total. The molecule has 2 saturated carbocycles. The molecule has 0 amide bonds. The van der Waals surface area contributed by atoms with E-state index in [1.165, 1.54) is 5.57 Å². The number of allylic oxidation sites excluding steroid dienone is 2. The lowest BCUT2D eigenvalue weighted by Gasteiger charge is -2.58. The Kier molecular flexibility index (Phi) is 3.07. The summed E-state index contributed by atoms with van der Waals surface area (Å²) >= 11 is 0. The normalized spacial score (nSPS) is 44.3. The highest BCUT2D eigenvalue weighted by atomic mass is 16.4. The molecule has 3 rings (SSSR count). The van der Waals surface area contributed by atoms with Gasteiger partial charge in [-0.15, -0.1) is 0 Å². The highest BCUT2D eigenvalue weighted by molar-refractivity contribution is 5.91. The lowest BCUT2D eigenvalue weighted by molar-refractivity contribution is -0.164. The number of ketones is 1. The van der Waals surface area contributed by atoms with Gasteiger partial charge in [-0.05, 0) is 62.4 Å². The Bertz CT molecular complexity index is 492. The number of carboxylic acids is 1. The van der Waals surface area contributed by atoms with Gasteiger partial charge in [0.15, 0.2) is 5.78 Å². The zero-order valence-corrected chi connectivity index (χ0v) is 12.4. The molecule has 0 spiro atoms. The van der Waals surface area contributed by atoms with E-state index < -0.39 is 11.4 Å². The van der Waals surface area contributed by atoms with E-state index in [0.29, 0.717) is 12.3 Å². The van der Waals surface area contributed by atoms with Crippen molar-refractivity contribution in [3.8, 4) is 0 Å². The SMILES string of the molecule is C[C@]12CCC[C@](C)(C(=O)O)[C@@H]1CCC1=CC(=O)CC[C@@H]12. The number of hydrogen-bond acceptors (Lipinski definition) is 2. The first kappa shape index (κ1) is 13.8. The van der Waals surface area contributed by atoms with Gasteiger partial charge in [0.05, 0.1) is 5.41 Å². The van der Waals surface area contributed by atoms with E-state index in [2.05, 4.69) is 6.92 Å². The van der Waals surface area contributed by atoms with Crippen LogP contribution in [-0.2, 0) is 9.59 Å². The van der Waals surface area contributed by atoms with Crippen molar-refractivity contribution in [1.82, 2.24) is 0 Å². The first-order valence-electron chi connectivity index (χ1n) is 7.84. The minimum atomic E-state index is -0.632. The maximum atomic E-state index is 11.8. The van der Waals surface area contributed by atoms with Crippen molar-refractivity contribution in [3.63, 3.8) is 0 Å². The zero-order valence-electron chi connectivity index (χ0n) is 12.4. The molecule has 3 aliphatic carbocycles. The molecule has 0 bridgehead atoms. The van der Waals surface area contributed by atoms with Crippen LogP contribution in [0.3, 0.4) is 0 Å². The molecule has 0 aromatic carbocycles. The third-order valence-corrected chi connectivity index (χ3v) is 6.46. The van der Waals surface area contributed by atoms with Crippen LogP contribution >= 0.6 is 0 Å². The smallest absolute Gasteiger partial charge is 0.309 e. The molecule has 2 fully saturated rings. The van der Waals surface area contributed by atoms with E-state index in [1.54, 1.807) is 0 Å². The summed E-state index contributed by atoms with van der Waals surface area (Å²) in [6.07, 6.45) is 8.17. The number of hydrogen-bond donors (Lipinski definition) is 1.